The van der Waals surface area contributed by atoms with Gasteiger partial charge < -0.3 is 10.2 Å². The first-order valence-electron chi connectivity index (χ1n) is 13.0. The second kappa shape index (κ2) is 10.6. The molecule has 1 aromatic heterocycles. The Hall–Kier alpha value is -2.23. The van der Waals surface area contributed by atoms with Crippen molar-refractivity contribution in [3.8, 4) is 0 Å². The van der Waals surface area contributed by atoms with Gasteiger partial charge in [-0.25, -0.2) is 12.9 Å². The lowest BCUT2D eigenvalue weighted by Crippen LogP contribution is -2.43. The predicted molar refractivity (Wildman–Crippen MR) is 144 cm³/mol. The Balaban J connectivity index is 1.42. The van der Waals surface area contributed by atoms with E-state index < -0.39 is 21.6 Å². The fraction of sp³-hybridized carbons (Fsp3) is 0.519. The molecule has 2 amide bonds. The van der Waals surface area contributed by atoms with Gasteiger partial charge >= 0.3 is 0 Å². The molecule has 2 atom stereocenters. The number of nitrogens with zero attached hydrogens (tertiary/aromatic N) is 2. The van der Waals surface area contributed by atoms with Gasteiger partial charge in [-0.2, -0.15) is 0 Å². The highest BCUT2D eigenvalue weighted by Crippen LogP contribution is 2.39. The molecule has 0 spiro atoms. The molecule has 2 aliphatic heterocycles. The van der Waals surface area contributed by atoms with E-state index in [1.54, 1.807) is 4.31 Å². The van der Waals surface area contributed by atoms with Crippen LogP contribution >= 0.6 is 11.3 Å². The maximum atomic E-state index is 13.7. The smallest absolute Gasteiger partial charge is 0.257 e. The zero-order chi connectivity index (χ0) is 25.3. The molecule has 3 heterocycles. The monoisotopic (exact) mass is 531 g/mol. The zero-order valence-corrected chi connectivity index (χ0v) is 22.2. The summed E-state index contributed by atoms with van der Waals surface area (Å²) >= 11 is 1.53. The van der Waals surface area contributed by atoms with Crippen LogP contribution in [-0.2, 0) is 27.3 Å². The highest BCUT2D eigenvalue weighted by Gasteiger charge is 2.38. The van der Waals surface area contributed by atoms with Crippen LogP contribution in [0.1, 0.15) is 72.2 Å². The Morgan fingerprint density at radius 3 is 2.42 bits per heavy atom. The van der Waals surface area contributed by atoms with Crippen molar-refractivity contribution in [1.82, 2.24) is 9.21 Å². The number of amides is 2. The standard InChI is InChI=1S/C27H34FN3O3S2/c1-36(34,20-14-12-19(28)13-15-20)31-18-8-10-22(31)25(32)29-26-24(27(33)30-16-6-3-7-17-30)21-9-4-2-5-11-23(21)35-26/h12-15,22H,1-11,16-18H2,(H,29,32)/t22-,36?/m1/s1. The summed E-state index contributed by atoms with van der Waals surface area (Å²) in [5, 5.41) is 3.72. The van der Waals surface area contributed by atoms with E-state index in [4.69, 9.17) is 0 Å². The quantitative estimate of drug-likeness (QED) is 0.442. The fourth-order valence-electron chi connectivity index (χ4n) is 5.65. The van der Waals surface area contributed by atoms with Crippen LogP contribution in [0.4, 0.5) is 9.39 Å². The number of hydrogen-bond acceptors (Lipinski definition) is 4. The van der Waals surface area contributed by atoms with Crippen LogP contribution < -0.4 is 5.32 Å². The molecule has 2 aromatic rings. The summed E-state index contributed by atoms with van der Waals surface area (Å²) < 4.78 is 28.8. The molecule has 1 N–H and O–H groups in total. The Morgan fingerprint density at radius 2 is 1.67 bits per heavy atom. The number of thiophene rings is 1. The number of nitrogens with one attached hydrogen (secondary N) is 1. The van der Waals surface area contributed by atoms with Crippen LogP contribution in [0.3, 0.4) is 0 Å². The van der Waals surface area contributed by atoms with E-state index >= 15 is 0 Å². The lowest BCUT2D eigenvalue weighted by Gasteiger charge is -2.28. The number of carbonyl (C=O) groups is 2. The highest BCUT2D eigenvalue weighted by molar-refractivity contribution is 7.98. The lowest BCUT2D eigenvalue weighted by molar-refractivity contribution is -0.119. The van der Waals surface area contributed by atoms with Crippen LogP contribution in [0.2, 0.25) is 0 Å². The minimum atomic E-state index is -2.96. The molecule has 5 rings (SSSR count). The van der Waals surface area contributed by atoms with E-state index in [1.165, 1.54) is 40.5 Å². The molecule has 6 nitrogen and oxygen atoms in total. The van der Waals surface area contributed by atoms with E-state index in [-0.39, 0.29) is 11.8 Å². The second-order valence-corrected chi connectivity index (χ2v) is 13.3. The molecular weight excluding hydrogens is 497 g/mol. The van der Waals surface area contributed by atoms with Crippen LogP contribution in [0.5, 0.6) is 0 Å². The number of anilines is 1. The summed E-state index contributed by atoms with van der Waals surface area (Å²) in [6, 6.07) is 4.86. The highest BCUT2D eigenvalue weighted by atomic mass is 32.2. The van der Waals surface area contributed by atoms with Gasteiger partial charge in [-0.1, -0.05) is 6.42 Å². The van der Waals surface area contributed by atoms with Crippen molar-refractivity contribution in [3.05, 3.63) is 46.1 Å². The number of halogens is 1. The van der Waals surface area contributed by atoms with Crippen LogP contribution in [-0.4, -0.2) is 56.8 Å². The van der Waals surface area contributed by atoms with Gasteiger partial charge in [0.05, 0.1) is 15.3 Å². The molecular formula is C27H34FN3O3S2. The van der Waals surface area contributed by atoms with E-state index in [0.29, 0.717) is 34.8 Å². The van der Waals surface area contributed by atoms with Crippen molar-refractivity contribution in [2.75, 3.05) is 25.0 Å². The number of carbonyl (C=O) groups excluding carboxylic acids is 2. The topological polar surface area (TPSA) is 69.7 Å². The molecule has 0 bridgehead atoms. The first-order chi connectivity index (χ1) is 17.4. The number of fused-ring (bicyclic) bond motifs is 1. The number of benzene rings is 1. The lowest BCUT2D eigenvalue weighted by atomic mass is 10.0. The van der Waals surface area contributed by atoms with Crippen LogP contribution in [0.15, 0.2) is 29.2 Å². The van der Waals surface area contributed by atoms with Gasteiger partial charge in [0.1, 0.15) is 16.9 Å². The van der Waals surface area contributed by atoms with E-state index in [2.05, 4.69) is 11.2 Å². The maximum Gasteiger partial charge on any atom is 0.257 e. The molecule has 1 unspecified atom stereocenters. The van der Waals surface area contributed by atoms with Gasteiger partial charge in [0.25, 0.3) is 5.91 Å². The van der Waals surface area contributed by atoms with Crippen LogP contribution in [0, 0.1) is 5.82 Å². The van der Waals surface area contributed by atoms with Crippen molar-refractivity contribution in [1.29, 1.82) is 0 Å². The predicted octanol–water partition coefficient (Wildman–Crippen LogP) is 4.88. The second-order valence-electron chi connectivity index (χ2n) is 10.0. The average Bonchev–Trinajstić information content (AvgIpc) is 3.44. The van der Waals surface area contributed by atoms with Gasteiger partial charge in [-0.05, 0) is 93.5 Å². The normalized spacial score (nSPS) is 22.5. The first-order valence-corrected chi connectivity index (χ1v) is 15.5. The van der Waals surface area contributed by atoms with Crippen molar-refractivity contribution < 1.29 is 18.2 Å². The van der Waals surface area contributed by atoms with Gasteiger partial charge in [-0.3, -0.25) is 9.59 Å². The molecule has 0 radical (unpaired) electrons. The Morgan fingerprint density at radius 1 is 0.972 bits per heavy atom. The third-order valence-electron chi connectivity index (χ3n) is 7.58. The number of hydrogen-bond donors (Lipinski definition) is 1. The molecule has 3 aliphatic rings. The maximum absolute atomic E-state index is 13.7. The number of rotatable bonds is 5. The molecule has 1 aromatic carbocycles. The summed E-state index contributed by atoms with van der Waals surface area (Å²) in [7, 11) is -2.96. The molecule has 1 aliphatic carbocycles. The molecule has 9 heteroatoms. The van der Waals surface area contributed by atoms with E-state index in [9.17, 15) is 18.2 Å². The third kappa shape index (κ3) is 4.97. The van der Waals surface area contributed by atoms with Crippen molar-refractivity contribution in [2.24, 2.45) is 0 Å². The van der Waals surface area contributed by atoms with Gasteiger partial charge in [0.15, 0.2) is 0 Å². The fourth-order valence-corrected chi connectivity index (χ4v) is 8.80. The Labute approximate surface area is 217 Å². The van der Waals surface area contributed by atoms with Gasteiger partial charge in [-0.15, -0.1) is 11.3 Å². The SMILES string of the molecule is C=S(=O)(c1ccc(F)cc1)N1CCC[C@@H]1C(=O)Nc1sc2c(c1C(=O)N1CCCCC1)CCCCC2. The number of likely N-dealkylation sites (tertiary alicyclic amines) is 1. The molecule has 2 saturated heterocycles. The summed E-state index contributed by atoms with van der Waals surface area (Å²) in [6.45, 7) is 1.99. The van der Waals surface area contributed by atoms with E-state index in [1.807, 2.05) is 4.90 Å². The third-order valence-corrected chi connectivity index (χ3v) is 11.0. The Kier molecular flexibility index (Phi) is 7.51. The number of piperidine rings is 1. The van der Waals surface area contributed by atoms with Gasteiger partial charge in [0.2, 0.25) is 5.91 Å². The van der Waals surface area contributed by atoms with Crippen molar-refractivity contribution >= 4 is 43.7 Å². The summed E-state index contributed by atoms with van der Waals surface area (Å²) in [5.41, 5.74) is 1.78. The minimum Gasteiger partial charge on any atom is -0.339 e. The number of aryl methyl sites for hydroxylation is 1. The van der Waals surface area contributed by atoms with Gasteiger partial charge in [0, 0.05) is 29.4 Å². The van der Waals surface area contributed by atoms with Crippen molar-refractivity contribution in [2.45, 2.75) is 75.1 Å². The molecule has 2 fully saturated rings. The summed E-state index contributed by atoms with van der Waals surface area (Å²) in [6.07, 6.45) is 9.53. The Bertz CT molecular complexity index is 1230. The minimum absolute atomic E-state index is 0.0277. The van der Waals surface area contributed by atoms with E-state index in [0.717, 1.165) is 70.0 Å². The zero-order valence-electron chi connectivity index (χ0n) is 20.6. The largest absolute Gasteiger partial charge is 0.339 e. The average molecular weight is 532 g/mol. The molecule has 0 saturated carbocycles. The molecule has 194 valence electrons. The summed E-state index contributed by atoms with van der Waals surface area (Å²) in [4.78, 5) is 30.8. The summed E-state index contributed by atoms with van der Waals surface area (Å²) in [5.74, 6) is 3.32. The van der Waals surface area contributed by atoms with Crippen molar-refractivity contribution in [3.63, 3.8) is 0 Å². The van der Waals surface area contributed by atoms with Crippen LogP contribution in [0.25, 0.3) is 0 Å². The first kappa shape index (κ1) is 25.4. The molecule has 36 heavy (non-hydrogen) atoms.